The van der Waals surface area contributed by atoms with Crippen LogP contribution in [0.4, 0.5) is 0 Å². The van der Waals surface area contributed by atoms with Gasteiger partial charge < -0.3 is 5.32 Å². The molecule has 0 aliphatic carbocycles. The molecule has 1 fully saturated rings. The van der Waals surface area contributed by atoms with Gasteiger partial charge in [-0.15, -0.1) is 0 Å². The van der Waals surface area contributed by atoms with Crippen LogP contribution < -0.4 is 5.32 Å². The van der Waals surface area contributed by atoms with E-state index in [2.05, 4.69) is 37.2 Å². The Morgan fingerprint density at radius 3 is 2.65 bits per heavy atom. The maximum absolute atomic E-state index is 3.72. The average Bonchev–Trinajstić information content (AvgIpc) is 2.36. The van der Waals surface area contributed by atoms with Crippen molar-refractivity contribution in [2.75, 3.05) is 25.1 Å². The van der Waals surface area contributed by atoms with E-state index in [4.69, 9.17) is 0 Å². The highest BCUT2D eigenvalue weighted by atomic mass is 32.2. The van der Waals surface area contributed by atoms with Gasteiger partial charge in [-0.3, -0.25) is 4.90 Å². The summed E-state index contributed by atoms with van der Waals surface area (Å²) in [7, 11) is 0. The Balaban J connectivity index is 2.60. The van der Waals surface area contributed by atoms with Crippen LogP contribution in [0.2, 0.25) is 0 Å². The van der Waals surface area contributed by atoms with Crippen LogP contribution in [-0.2, 0) is 0 Å². The van der Waals surface area contributed by atoms with E-state index >= 15 is 0 Å². The first-order chi connectivity index (χ1) is 8.26. The first-order valence-corrected chi connectivity index (χ1v) is 8.64. The third-order valence-corrected chi connectivity index (χ3v) is 4.67. The van der Waals surface area contributed by atoms with Crippen molar-refractivity contribution in [3.05, 3.63) is 0 Å². The summed E-state index contributed by atoms with van der Waals surface area (Å²) >= 11 is 1.99. The van der Waals surface area contributed by atoms with Crippen molar-refractivity contribution in [2.24, 2.45) is 0 Å². The molecule has 1 rings (SSSR count). The van der Waals surface area contributed by atoms with E-state index in [0.29, 0.717) is 0 Å². The van der Waals surface area contributed by atoms with Gasteiger partial charge in [0.15, 0.2) is 0 Å². The van der Waals surface area contributed by atoms with Crippen LogP contribution >= 0.6 is 11.8 Å². The lowest BCUT2D eigenvalue weighted by Gasteiger charge is -2.44. The molecule has 1 aliphatic heterocycles. The maximum Gasteiger partial charge on any atom is 0.0222 e. The molecule has 0 aromatic rings. The summed E-state index contributed by atoms with van der Waals surface area (Å²) in [4.78, 5) is 2.79. The van der Waals surface area contributed by atoms with E-state index in [1.807, 2.05) is 11.8 Å². The molecule has 102 valence electrons. The van der Waals surface area contributed by atoms with E-state index in [1.165, 1.54) is 44.5 Å². The molecular formula is C14H30N2S. The van der Waals surface area contributed by atoms with Crippen LogP contribution in [0.1, 0.15) is 46.5 Å². The summed E-state index contributed by atoms with van der Waals surface area (Å²) in [5.41, 5.74) is 0. The molecule has 2 nitrogen and oxygen atoms in total. The lowest BCUT2D eigenvalue weighted by molar-refractivity contribution is 0.0839. The van der Waals surface area contributed by atoms with Crippen LogP contribution in [0, 0.1) is 0 Å². The third-order valence-electron chi connectivity index (χ3n) is 3.95. The fourth-order valence-corrected chi connectivity index (χ4v) is 3.71. The maximum atomic E-state index is 3.72. The van der Waals surface area contributed by atoms with Gasteiger partial charge in [-0.05, 0) is 25.5 Å². The molecule has 0 bridgehead atoms. The largest absolute Gasteiger partial charge is 0.311 e. The Hall–Kier alpha value is 0.270. The lowest BCUT2D eigenvalue weighted by Crippen LogP contribution is -2.59. The molecule has 3 atom stereocenters. The quantitative estimate of drug-likeness (QED) is 0.756. The second-order valence-corrected chi connectivity index (χ2v) is 6.08. The average molecular weight is 258 g/mol. The Labute approximate surface area is 112 Å². The zero-order chi connectivity index (χ0) is 12.7. The number of thioether (sulfide) groups is 1. The van der Waals surface area contributed by atoms with Crippen LogP contribution in [-0.4, -0.2) is 48.1 Å². The molecule has 1 heterocycles. The molecule has 0 amide bonds. The van der Waals surface area contributed by atoms with E-state index in [-0.39, 0.29) is 0 Å². The molecule has 3 unspecified atom stereocenters. The predicted molar refractivity (Wildman–Crippen MR) is 79.9 cm³/mol. The molecule has 3 heteroatoms. The summed E-state index contributed by atoms with van der Waals surface area (Å²) in [6.07, 6.45) is 7.41. The second-order valence-electron chi connectivity index (χ2n) is 5.17. The van der Waals surface area contributed by atoms with Gasteiger partial charge in [-0.25, -0.2) is 0 Å². The smallest absolute Gasteiger partial charge is 0.0222 e. The minimum Gasteiger partial charge on any atom is -0.311 e. The summed E-state index contributed by atoms with van der Waals surface area (Å²) in [6, 6.07) is 2.25. The highest BCUT2D eigenvalue weighted by Crippen LogP contribution is 2.20. The topological polar surface area (TPSA) is 15.3 Å². The molecule has 0 spiro atoms. The minimum absolute atomic E-state index is 0.721. The number of hydrogen-bond acceptors (Lipinski definition) is 3. The van der Waals surface area contributed by atoms with E-state index in [9.17, 15) is 0 Å². The van der Waals surface area contributed by atoms with Gasteiger partial charge in [-0.2, -0.15) is 11.8 Å². The molecule has 0 radical (unpaired) electrons. The Kier molecular flexibility index (Phi) is 7.56. The van der Waals surface area contributed by atoms with Gasteiger partial charge in [0.1, 0.15) is 0 Å². The third kappa shape index (κ3) is 4.46. The Morgan fingerprint density at radius 1 is 1.35 bits per heavy atom. The zero-order valence-corrected chi connectivity index (χ0v) is 12.9. The lowest BCUT2D eigenvalue weighted by atomic mass is 10.0. The monoisotopic (exact) mass is 258 g/mol. The molecule has 1 saturated heterocycles. The highest BCUT2D eigenvalue weighted by Gasteiger charge is 2.30. The highest BCUT2D eigenvalue weighted by molar-refractivity contribution is 7.98. The molecule has 0 aromatic carbocycles. The molecule has 1 aliphatic rings. The number of piperazine rings is 1. The van der Waals surface area contributed by atoms with Crippen molar-refractivity contribution >= 4 is 11.8 Å². The molecule has 0 saturated carbocycles. The first-order valence-electron chi connectivity index (χ1n) is 7.24. The predicted octanol–water partition coefficient (Wildman–Crippen LogP) is 2.98. The standard InChI is InChI=1S/C14H30N2S/c1-5-8-12-10-16(13(6-2)9-15-12)14(7-3)11-17-4/h12-15H,5-11H2,1-4H3. The Morgan fingerprint density at radius 2 is 2.12 bits per heavy atom. The molecule has 0 aromatic heterocycles. The van der Waals surface area contributed by atoms with Gasteiger partial charge in [-0.1, -0.05) is 27.2 Å². The van der Waals surface area contributed by atoms with Crippen molar-refractivity contribution in [1.29, 1.82) is 0 Å². The SMILES string of the molecule is CCCC1CN(C(CC)CSC)C(CC)CN1. The first kappa shape index (κ1) is 15.3. The number of hydrogen-bond donors (Lipinski definition) is 1. The van der Waals surface area contributed by atoms with Gasteiger partial charge in [0.2, 0.25) is 0 Å². The van der Waals surface area contributed by atoms with Gasteiger partial charge >= 0.3 is 0 Å². The van der Waals surface area contributed by atoms with Crippen LogP contribution in [0.3, 0.4) is 0 Å². The number of nitrogens with one attached hydrogen (secondary N) is 1. The molecular weight excluding hydrogens is 228 g/mol. The van der Waals surface area contributed by atoms with E-state index in [1.54, 1.807) is 0 Å². The summed E-state index contributed by atoms with van der Waals surface area (Å²) < 4.78 is 0. The number of nitrogens with zero attached hydrogens (tertiary/aromatic N) is 1. The molecule has 17 heavy (non-hydrogen) atoms. The van der Waals surface area contributed by atoms with Crippen LogP contribution in [0.5, 0.6) is 0 Å². The summed E-state index contributed by atoms with van der Waals surface area (Å²) in [5.74, 6) is 1.28. The fourth-order valence-electron chi connectivity index (χ4n) is 2.90. The van der Waals surface area contributed by atoms with Gasteiger partial charge in [0.25, 0.3) is 0 Å². The summed E-state index contributed by atoms with van der Waals surface area (Å²) in [6.45, 7) is 9.39. The van der Waals surface area contributed by atoms with Crippen molar-refractivity contribution in [3.8, 4) is 0 Å². The summed E-state index contributed by atoms with van der Waals surface area (Å²) in [5, 5.41) is 3.72. The Bertz CT molecular complexity index is 199. The number of rotatable bonds is 7. The second kappa shape index (κ2) is 8.39. The van der Waals surface area contributed by atoms with Crippen molar-refractivity contribution in [3.63, 3.8) is 0 Å². The van der Waals surface area contributed by atoms with Gasteiger partial charge in [0, 0.05) is 37.0 Å². The normalized spacial score (nSPS) is 28.2. The van der Waals surface area contributed by atoms with E-state index in [0.717, 1.165) is 18.1 Å². The van der Waals surface area contributed by atoms with Crippen molar-refractivity contribution in [2.45, 2.75) is 64.6 Å². The molecule has 1 N–H and O–H groups in total. The zero-order valence-electron chi connectivity index (χ0n) is 12.0. The fraction of sp³-hybridized carbons (Fsp3) is 1.00. The van der Waals surface area contributed by atoms with Crippen molar-refractivity contribution < 1.29 is 0 Å². The van der Waals surface area contributed by atoms with Crippen LogP contribution in [0.25, 0.3) is 0 Å². The minimum atomic E-state index is 0.721. The van der Waals surface area contributed by atoms with Crippen LogP contribution in [0.15, 0.2) is 0 Å². The van der Waals surface area contributed by atoms with Crippen molar-refractivity contribution in [1.82, 2.24) is 10.2 Å². The van der Waals surface area contributed by atoms with Gasteiger partial charge in [0.05, 0.1) is 0 Å². The van der Waals surface area contributed by atoms with E-state index < -0.39 is 0 Å².